The molecule has 0 aromatic heterocycles. The molecule has 0 spiro atoms. The number of halogens is 2. The normalized spacial score (nSPS) is 19.3. The van der Waals surface area contributed by atoms with Gasteiger partial charge in [-0.05, 0) is 49.2 Å². The van der Waals surface area contributed by atoms with E-state index in [0.29, 0.717) is 21.5 Å². The van der Waals surface area contributed by atoms with Gasteiger partial charge in [-0.2, -0.15) is 0 Å². The van der Waals surface area contributed by atoms with Crippen molar-refractivity contribution in [2.24, 2.45) is 0 Å². The lowest BCUT2D eigenvalue weighted by atomic mass is 9.95. The summed E-state index contributed by atoms with van der Waals surface area (Å²) in [6, 6.07) is 22.1. The van der Waals surface area contributed by atoms with Crippen molar-refractivity contribution in [3.05, 3.63) is 99.3 Å². The second-order valence-electron chi connectivity index (χ2n) is 8.83. The van der Waals surface area contributed by atoms with Gasteiger partial charge in [-0.3, -0.25) is 4.90 Å². The Kier molecular flexibility index (Phi) is 8.20. The van der Waals surface area contributed by atoms with Crippen LogP contribution in [0.15, 0.2) is 66.7 Å². The SMILES string of the molecule is [C-]#[N+]c1ccc([C@@H](C)N2C[C@@H](c3ccc(Cl)cc3)N(c3ccc(OCCO)cc3Cl)C[C@H]2C)cc1. The van der Waals surface area contributed by atoms with Crippen LogP contribution in [0.25, 0.3) is 4.85 Å². The first-order valence-electron chi connectivity index (χ1n) is 11.7. The minimum absolute atomic E-state index is 0.0454. The van der Waals surface area contributed by atoms with E-state index in [1.807, 2.05) is 42.5 Å². The predicted molar refractivity (Wildman–Crippen MR) is 143 cm³/mol. The lowest BCUT2D eigenvalue weighted by molar-refractivity contribution is 0.115. The maximum atomic E-state index is 9.05. The molecular formula is C28H29Cl2N3O2. The van der Waals surface area contributed by atoms with Crippen molar-refractivity contribution in [3.8, 4) is 5.75 Å². The zero-order valence-electron chi connectivity index (χ0n) is 19.9. The molecule has 0 aliphatic carbocycles. The highest BCUT2D eigenvalue weighted by Crippen LogP contribution is 2.40. The standard InChI is InChI=1S/C28H29Cl2N3O2/c1-19-17-33(27-13-12-25(16-26(27)30)35-15-14-34)28(22-4-8-23(29)9-5-22)18-32(19)20(2)21-6-10-24(31-3)11-7-21/h4-13,16,19-20,28,34H,14-15,17-18H2,1-2H3/t19-,20-,28+/m1/s1. The Bertz CT molecular complexity index is 1180. The largest absolute Gasteiger partial charge is 0.491 e. The topological polar surface area (TPSA) is 40.3 Å². The fourth-order valence-corrected chi connectivity index (χ4v) is 5.17. The van der Waals surface area contributed by atoms with E-state index in [2.05, 4.69) is 52.8 Å². The Balaban J connectivity index is 1.66. The summed E-state index contributed by atoms with van der Waals surface area (Å²) in [6.45, 7) is 13.5. The second-order valence-corrected chi connectivity index (χ2v) is 9.67. The summed E-state index contributed by atoms with van der Waals surface area (Å²) in [5.41, 5.74) is 3.96. The van der Waals surface area contributed by atoms with E-state index in [4.69, 9.17) is 39.6 Å². The molecule has 5 nitrogen and oxygen atoms in total. The first-order chi connectivity index (χ1) is 16.9. The quantitative estimate of drug-likeness (QED) is 0.350. The maximum Gasteiger partial charge on any atom is 0.187 e. The van der Waals surface area contributed by atoms with Gasteiger partial charge in [0.25, 0.3) is 0 Å². The molecule has 3 atom stereocenters. The van der Waals surface area contributed by atoms with Gasteiger partial charge >= 0.3 is 0 Å². The molecule has 1 N–H and O–H groups in total. The summed E-state index contributed by atoms with van der Waals surface area (Å²) in [7, 11) is 0. The van der Waals surface area contributed by atoms with E-state index in [1.54, 1.807) is 0 Å². The van der Waals surface area contributed by atoms with Crippen molar-refractivity contribution in [1.82, 2.24) is 4.90 Å². The monoisotopic (exact) mass is 509 g/mol. The Morgan fingerprint density at radius 3 is 2.40 bits per heavy atom. The van der Waals surface area contributed by atoms with Gasteiger partial charge in [-0.1, -0.05) is 59.6 Å². The van der Waals surface area contributed by atoms with Crippen LogP contribution in [0.2, 0.25) is 10.0 Å². The zero-order chi connectivity index (χ0) is 24.9. The van der Waals surface area contributed by atoms with Crippen LogP contribution in [-0.4, -0.2) is 42.4 Å². The molecule has 1 aliphatic rings. The van der Waals surface area contributed by atoms with Crippen molar-refractivity contribution >= 4 is 34.6 Å². The van der Waals surface area contributed by atoms with Gasteiger partial charge in [0.15, 0.2) is 5.69 Å². The molecule has 3 aromatic rings. The van der Waals surface area contributed by atoms with Crippen LogP contribution >= 0.6 is 23.2 Å². The van der Waals surface area contributed by atoms with Gasteiger partial charge in [0.1, 0.15) is 12.4 Å². The van der Waals surface area contributed by atoms with Crippen LogP contribution in [0.4, 0.5) is 11.4 Å². The third-order valence-electron chi connectivity index (χ3n) is 6.63. The molecule has 7 heteroatoms. The Morgan fingerprint density at radius 2 is 1.77 bits per heavy atom. The van der Waals surface area contributed by atoms with Crippen LogP contribution in [0.3, 0.4) is 0 Å². The minimum Gasteiger partial charge on any atom is -0.491 e. The fraction of sp³-hybridized carbons (Fsp3) is 0.321. The molecule has 1 aliphatic heterocycles. The molecule has 0 amide bonds. The number of aliphatic hydroxyl groups excluding tert-OH is 1. The average Bonchev–Trinajstić information content (AvgIpc) is 2.87. The molecule has 4 rings (SSSR count). The molecular weight excluding hydrogens is 481 g/mol. The van der Waals surface area contributed by atoms with Crippen molar-refractivity contribution < 1.29 is 9.84 Å². The number of benzene rings is 3. The number of aliphatic hydroxyl groups is 1. The van der Waals surface area contributed by atoms with Crippen LogP contribution in [0, 0.1) is 6.57 Å². The van der Waals surface area contributed by atoms with Gasteiger partial charge in [-0.15, -0.1) is 0 Å². The number of hydrogen-bond donors (Lipinski definition) is 1. The third-order valence-corrected chi connectivity index (χ3v) is 7.19. The average molecular weight is 510 g/mol. The second kappa shape index (κ2) is 11.3. The zero-order valence-corrected chi connectivity index (χ0v) is 21.4. The number of hydrogen-bond acceptors (Lipinski definition) is 4. The van der Waals surface area contributed by atoms with Gasteiger partial charge in [-0.25, -0.2) is 4.85 Å². The van der Waals surface area contributed by atoms with E-state index >= 15 is 0 Å². The lowest BCUT2D eigenvalue weighted by Gasteiger charge is -2.49. The Morgan fingerprint density at radius 1 is 1.06 bits per heavy atom. The molecule has 182 valence electrons. The number of ether oxygens (including phenoxy) is 1. The number of nitrogens with zero attached hydrogens (tertiary/aromatic N) is 3. The molecule has 0 saturated carbocycles. The van der Waals surface area contributed by atoms with Gasteiger partial charge in [0.05, 0.1) is 29.9 Å². The van der Waals surface area contributed by atoms with Gasteiger partial charge in [0.2, 0.25) is 0 Å². The highest BCUT2D eigenvalue weighted by atomic mass is 35.5. The summed E-state index contributed by atoms with van der Waals surface area (Å²) in [4.78, 5) is 8.38. The van der Waals surface area contributed by atoms with Gasteiger partial charge < -0.3 is 14.7 Å². The van der Waals surface area contributed by atoms with Crippen LogP contribution in [0.1, 0.15) is 37.1 Å². The summed E-state index contributed by atoms with van der Waals surface area (Å²) in [5, 5.41) is 10.4. The first kappa shape index (κ1) is 25.3. The minimum atomic E-state index is -0.0454. The first-order valence-corrected chi connectivity index (χ1v) is 12.5. The molecule has 0 bridgehead atoms. The van der Waals surface area contributed by atoms with Crippen molar-refractivity contribution in [2.75, 3.05) is 31.2 Å². The van der Waals surface area contributed by atoms with E-state index in [0.717, 1.165) is 18.8 Å². The molecule has 1 saturated heterocycles. The molecule has 0 radical (unpaired) electrons. The van der Waals surface area contributed by atoms with E-state index < -0.39 is 0 Å². The molecule has 1 heterocycles. The smallest absolute Gasteiger partial charge is 0.187 e. The Labute approximate surface area is 217 Å². The van der Waals surface area contributed by atoms with Gasteiger partial charge in [0, 0.05) is 36.3 Å². The third kappa shape index (κ3) is 5.74. The molecule has 0 unspecified atom stereocenters. The number of anilines is 1. The molecule has 35 heavy (non-hydrogen) atoms. The predicted octanol–water partition coefficient (Wildman–Crippen LogP) is 6.93. The van der Waals surface area contributed by atoms with Crippen LogP contribution < -0.4 is 9.64 Å². The summed E-state index contributed by atoms with van der Waals surface area (Å²) < 4.78 is 5.54. The highest BCUT2D eigenvalue weighted by molar-refractivity contribution is 6.33. The van der Waals surface area contributed by atoms with Crippen molar-refractivity contribution in [1.29, 1.82) is 0 Å². The number of piperazine rings is 1. The summed E-state index contributed by atoms with van der Waals surface area (Å²) in [5.74, 6) is 0.638. The van der Waals surface area contributed by atoms with E-state index in [9.17, 15) is 0 Å². The Hall–Kier alpha value is -2.75. The van der Waals surface area contributed by atoms with E-state index in [1.165, 1.54) is 11.1 Å². The van der Waals surface area contributed by atoms with E-state index in [-0.39, 0.29) is 31.3 Å². The van der Waals surface area contributed by atoms with Crippen molar-refractivity contribution in [3.63, 3.8) is 0 Å². The van der Waals surface area contributed by atoms with Crippen LogP contribution in [-0.2, 0) is 0 Å². The lowest BCUT2D eigenvalue weighted by Crippen LogP contribution is -2.54. The highest BCUT2D eigenvalue weighted by Gasteiger charge is 2.36. The maximum absolute atomic E-state index is 9.05. The fourth-order valence-electron chi connectivity index (χ4n) is 4.76. The van der Waals surface area contributed by atoms with Crippen LogP contribution in [0.5, 0.6) is 5.75 Å². The summed E-state index contributed by atoms with van der Waals surface area (Å²) >= 11 is 12.9. The summed E-state index contributed by atoms with van der Waals surface area (Å²) in [6.07, 6.45) is 0. The molecule has 1 fully saturated rings. The number of rotatable bonds is 7. The molecule has 3 aromatic carbocycles. The van der Waals surface area contributed by atoms with Crippen molar-refractivity contribution in [2.45, 2.75) is 32.0 Å².